The van der Waals surface area contributed by atoms with Crippen LogP contribution in [0.1, 0.15) is 26.7 Å². The molecule has 1 saturated heterocycles. The normalized spacial score (nSPS) is 14.3. The number of hydrogen-bond donors (Lipinski definition) is 0. The smallest absolute Gasteiger partial charge is 0.261 e. The van der Waals surface area contributed by atoms with E-state index in [1.807, 2.05) is 23.6 Å². The Labute approximate surface area is 200 Å². The molecule has 0 bridgehead atoms. The summed E-state index contributed by atoms with van der Waals surface area (Å²) in [6, 6.07) is 3.31. The molecule has 2 amide bonds. The van der Waals surface area contributed by atoms with Crippen molar-refractivity contribution < 1.29 is 19.1 Å². The van der Waals surface area contributed by atoms with E-state index in [1.165, 1.54) is 25.1 Å². The first-order chi connectivity index (χ1) is 16.4. The van der Waals surface area contributed by atoms with Crippen molar-refractivity contribution in [3.05, 3.63) is 28.8 Å². The van der Waals surface area contributed by atoms with Crippen LogP contribution in [-0.2, 0) is 16.1 Å². The molecule has 1 aromatic heterocycles. The van der Waals surface area contributed by atoms with Gasteiger partial charge in [-0.2, -0.15) is 0 Å². The zero-order valence-corrected chi connectivity index (χ0v) is 20.6. The highest BCUT2D eigenvalue weighted by atomic mass is 16.5. The molecule has 1 fully saturated rings. The molecular weight excluding hydrogens is 438 g/mol. The minimum Gasteiger partial charge on any atom is -0.493 e. The number of benzene rings is 1. The van der Waals surface area contributed by atoms with Gasteiger partial charge in [0.15, 0.2) is 11.5 Å². The maximum absolute atomic E-state index is 12.9. The molecule has 10 heteroatoms. The van der Waals surface area contributed by atoms with Crippen LogP contribution in [0.25, 0.3) is 10.9 Å². The molecule has 0 N–H and O–H groups in total. The van der Waals surface area contributed by atoms with Crippen molar-refractivity contribution in [3.8, 4) is 11.5 Å². The summed E-state index contributed by atoms with van der Waals surface area (Å²) in [4.78, 5) is 48.0. The third-order valence-electron chi connectivity index (χ3n) is 6.32. The first-order valence-corrected chi connectivity index (χ1v) is 11.8. The van der Waals surface area contributed by atoms with E-state index >= 15 is 0 Å². The molecule has 1 aromatic carbocycles. The van der Waals surface area contributed by atoms with Gasteiger partial charge in [0.25, 0.3) is 5.56 Å². The Morgan fingerprint density at radius 2 is 1.68 bits per heavy atom. The van der Waals surface area contributed by atoms with Gasteiger partial charge in [-0.25, -0.2) is 4.98 Å². The number of aryl methyl sites for hydroxylation is 1. The summed E-state index contributed by atoms with van der Waals surface area (Å²) in [5.74, 6) is 1.20. The Morgan fingerprint density at radius 3 is 2.29 bits per heavy atom. The Hall–Kier alpha value is -3.14. The molecule has 0 radical (unpaired) electrons. The van der Waals surface area contributed by atoms with Crippen LogP contribution in [-0.4, -0.2) is 96.1 Å². The molecule has 2 heterocycles. The second kappa shape index (κ2) is 11.8. The first-order valence-electron chi connectivity index (χ1n) is 11.8. The van der Waals surface area contributed by atoms with Gasteiger partial charge in [0.1, 0.15) is 0 Å². The number of aromatic nitrogens is 2. The predicted octanol–water partition coefficient (Wildman–Crippen LogP) is 1.21. The summed E-state index contributed by atoms with van der Waals surface area (Å²) in [5, 5.41) is 0.446. The molecule has 1 aliphatic heterocycles. The standard InChI is InChI=1S/C24H35N5O5/c1-5-27(6-2)23(31)16-26-10-12-28(13-11-26)22(30)8-7-9-29-17-25-19-15-21(34-4)20(33-3)14-18(19)24(29)32/h14-15,17H,5-13,16H2,1-4H3. The minimum atomic E-state index is -0.176. The monoisotopic (exact) mass is 473 g/mol. The van der Waals surface area contributed by atoms with Gasteiger partial charge in [-0.1, -0.05) is 0 Å². The SMILES string of the molecule is CCN(CC)C(=O)CN1CCN(C(=O)CCCn2cnc3cc(OC)c(OC)cc3c2=O)CC1. The van der Waals surface area contributed by atoms with Crippen LogP contribution in [0.5, 0.6) is 11.5 Å². The maximum Gasteiger partial charge on any atom is 0.261 e. The van der Waals surface area contributed by atoms with Crippen molar-refractivity contribution in [1.82, 2.24) is 24.3 Å². The molecule has 2 aromatic rings. The minimum absolute atomic E-state index is 0.0722. The summed E-state index contributed by atoms with van der Waals surface area (Å²) < 4.78 is 12.1. The van der Waals surface area contributed by atoms with Gasteiger partial charge in [0.2, 0.25) is 11.8 Å². The highest BCUT2D eigenvalue weighted by Gasteiger charge is 2.23. The summed E-state index contributed by atoms with van der Waals surface area (Å²) in [6.07, 6.45) is 2.40. The number of nitrogens with zero attached hydrogens (tertiary/aromatic N) is 5. The van der Waals surface area contributed by atoms with E-state index in [1.54, 1.807) is 12.1 Å². The van der Waals surface area contributed by atoms with Crippen LogP contribution in [0.3, 0.4) is 0 Å². The fourth-order valence-electron chi connectivity index (χ4n) is 4.23. The van der Waals surface area contributed by atoms with Crippen LogP contribution in [0.4, 0.5) is 0 Å². The van der Waals surface area contributed by atoms with Gasteiger partial charge in [-0.05, 0) is 26.3 Å². The Balaban J connectivity index is 1.51. The number of methoxy groups -OCH3 is 2. The zero-order valence-electron chi connectivity index (χ0n) is 20.6. The number of hydrogen-bond acceptors (Lipinski definition) is 7. The van der Waals surface area contributed by atoms with Crippen molar-refractivity contribution in [1.29, 1.82) is 0 Å². The molecule has 186 valence electrons. The lowest BCUT2D eigenvalue weighted by Crippen LogP contribution is -2.51. The largest absolute Gasteiger partial charge is 0.493 e. The number of likely N-dealkylation sites (N-methyl/N-ethyl adjacent to an activating group) is 1. The lowest BCUT2D eigenvalue weighted by Gasteiger charge is -2.35. The molecule has 0 saturated carbocycles. The molecule has 3 rings (SSSR count). The van der Waals surface area contributed by atoms with E-state index in [0.717, 1.165) is 0 Å². The Morgan fingerprint density at radius 1 is 1.03 bits per heavy atom. The van der Waals surface area contributed by atoms with Crippen molar-refractivity contribution in [3.63, 3.8) is 0 Å². The van der Waals surface area contributed by atoms with Crippen LogP contribution < -0.4 is 15.0 Å². The lowest BCUT2D eigenvalue weighted by molar-refractivity contribution is -0.135. The highest BCUT2D eigenvalue weighted by molar-refractivity contribution is 5.81. The van der Waals surface area contributed by atoms with Crippen molar-refractivity contribution in [2.24, 2.45) is 0 Å². The number of ether oxygens (including phenoxy) is 2. The number of piperazine rings is 1. The van der Waals surface area contributed by atoms with Gasteiger partial charge in [0, 0.05) is 58.3 Å². The van der Waals surface area contributed by atoms with E-state index in [9.17, 15) is 14.4 Å². The fraction of sp³-hybridized carbons (Fsp3) is 0.583. The molecular formula is C24H35N5O5. The topological polar surface area (TPSA) is 97.2 Å². The van der Waals surface area contributed by atoms with Crippen molar-refractivity contribution >= 4 is 22.7 Å². The van der Waals surface area contributed by atoms with E-state index in [2.05, 4.69) is 9.88 Å². The number of carbonyl (C=O) groups is 2. The first kappa shape index (κ1) is 25.5. The van der Waals surface area contributed by atoms with Gasteiger partial charge in [-0.15, -0.1) is 0 Å². The summed E-state index contributed by atoms with van der Waals surface area (Å²) >= 11 is 0. The van der Waals surface area contributed by atoms with Crippen LogP contribution in [0.2, 0.25) is 0 Å². The highest BCUT2D eigenvalue weighted by Crippen LogP contribution is 2.29. The summed E-state index contributed by atoms with van der Waals surface area (Å²) in [5.41, 5.74) is 0.359. The molecule has 0 atom stereocenters. The van der Waals surface area contributed by atoms with Crippen LogP contribution in [0, 0.1) is 0 Å². The summed E-state index contributed by atoms with van der Waals surface area (Å²) in [6.45, 7) is 8.81. The third kappa shape index (κ3) is 5.85. The summed E-state index contributed by atoms with van der Waals surface area (Å²) in [7, 11) is 3.06. The second-order valence-corrected chi connectivity index (χ2v) is 8.29. The number of amides is 2. The molecule has 0 aliphatic carbocycles. The molecule has 34 heavy (non-hydrogen) atoms. The van der Waals surface area contributed by atoms with Crippen molar-refractivity contribution in [2.75, 3.05) is 60.0 Å². The second-order valence-electron chi connectivity index (χ2n) is 8.29. The molecule has 0 spiro atoms. The maximum atomic E-state index is 12.9. The Kier molecular flexibility index (Phi) is 8.86. The quantitative estimate of drug-likeness (QED) is 0.512. The lowest BCUT2D eigenvalue weighted by atomic mass is 10.2. The number of rotatable bonds is 10. The number of carbonyl (C=O) groups excluding carboxylic acids is 2. The fourth-order valence-corrected chi connectivity index (χ4v) is 4.23. The number of fused-ring (bicyclic) bond motifs is 1. The van der Waals surface area contributed by atoms with E-state index < -0.39 is 0 Å². The average Bonchev–Trinajstić information content (AvgIpc) is 2.85. The van der Waals surface area contributed by atoms with Gasteiger partial charge in [-0.3, -0.25) is 23.9 Å². The van der Waals surface area contributed by atoms with Crippen LogP contribution >= 0.6 is 0 Å². The molecule has 10 nitrogen and oxygen atoms in total. The van der Waals surface area contributed by atoms with Crippen molar-refractivity contribution in [2.45, 2.75) is 33.2 Å². The van der Waals surface area contributed by atoms with E-state index in [0.29, 0.717) is 87.6 Å². The predicted molar refractivity (Wildman–Crippen MR) is 129 cm³/mol. The zero-order chi connectivity index (χ0) is 24.7. The average molecular weight is 474 g/mol. The molecule has 0 unspecified atom stereocenters. The van der Waals surface area contributed by atoms with Gasteiger partial charge in [0.05, 0.1) is 38.0 Å². The van der Waals surface area contributed by atoms with Gasteiger partial charge < -0.3 is 19.3 Å². The Bertz CT molecular complexity index is 1060. The van der Waals surface area contributed by atoms with Gasteiger partial charge >= 0.3 is 0 Å². The van der Waals surface area contributed by atoms with Crippen LogP contribution in [0.15, 0.2) is 23.3 Å². The third-order valence-corrected chi connectivity index (χ3v) is 6.32. The van der Waals surface area contributed by atoms with E-state index in [-0.39, 0.29) is 17.4 Å². The van der Waals surface area contributed by atoms with E-state index in [4.69, 9.17) is 9.47 Å². The molecule has 1 aliphatic rings.